The van der Waals surface area contributed by atoms with Crippen LogP contribution in [0.4, 0.5) is 0 Å². The highest BCUT2D eigenvalue weighted by atomic mass is 16.3. The molecule has 0 bridgehead atoms. The summed E-state index contributed by atoms with van der Waals surface area (Å²) in [6.45, 7) is 5.63. The van der Waals surface area contributed by atoms with Crippen molar-refractivity contribution in [1.29, 1.82) is 0 Å². The van der Waals surface area contributed by atoms with Gasteiger partial charge in [-0.1, -0.05) is 13.8 Å². The molecule has 0 spiro atoms. The zero-order valence-electron chi connectivity index (χ0n) is 13.5. The quantitative estimate of drug-likeness (QED) is 0.857. The molecule has 0 saturated heterocycles. The predicted octanol–water partition coefficient (Wildman–Crippen LogP) is 3.83. The van der Waals surface area contributed by atoms with Gasteiger partial charge < -0.3 is 14.6 Å². The molecule has 0 aromatic carbocycles. The van der Waals surface area contributed by atoms with Crippen LogP contribution < -0.4 is 5.32 Å². The Morgan fingerprint density at radius 2 is 2.10 bits per heavy atom. The second-order valence-corrected chi connectivity index (χ2v) is 6.58. The minimum absolute atomic E-state index is 0.180. The van der Waals surface area contributed by atoms with Crippen molar-refractivity contribution >= 4 is 0 Å². The second-order valence-electron chi connectivity index (χ2n) is 6.58. The third kappa shape index (κ3) is 3.09. The standard InChI is InChI=1S/C17H30N2O/c1-5-12-18-16(15-7-6-13-20-15)17(19(3)4)10-8-14(2)9-11-17/h6-7,13-14,16,18H,5,8-12H2,1-4H3. The Hall–Kier alpha value is -0.800. The molecular weight excluding hydrogens is 248 g/mol. The van der Waals surface area contributed by atoms with E-state index in [1.807, 2.05) is 6.07 Å². The highest BCUT2D eigenvalue weighted by Gasteiger charge is 2.44. The van der Waals surface area contributed by atoms with E-state index in [0.717, 1.165) is 24.6 Å². The first-order chi connectivity index (χ1) is 9.60. The van der Waals surface area contributed by atoms with Gasteiger partial charge in [0.1, 0.15) is 5.76 Å². The van der Waals surface area contributed by atoms with Crippen LogP contribution in [0.15, 0.2) is 22.8 Å². The number of hydrogen-bond acceptors (Lipinski definition) is 3. The zero-order chi connectivity index (χ0) is 14.6. The molecule has 1 unspecified atom stereocenters. The number of rotatable bonds is 6. The highest BCUT2D eigenvalue weighted by molar-refractivity contribution is 5.14. The summed E-state index contributed by atoms with van der Waals surface area (Å²) in [5.41, 5.74) is 0.180. The van der Waals surface area contributed by atoms with Crippen molar-refractivity contribution in [2.75, 3.05) is 20.6 Å². The Bertz CT molecular complexity index is 378. The van der Waals surface area contributed by atoms with Gasteiger partial charge in [-0.15, -0.1) is 0 Å². The number of nitrogens with one attached hydrogen (secondary N) is 1. The van der Waals surface area contributed by atoms with Gasteiger partial charge in [0, 0.05) is 5.54 Å². The molecule has 1 N–H and O–H groups in total. The molecular formula is C17H30N2O. The maximum absolute atomic E-state index is 5.76. The van der Waals surface area contributed by atoms with E-state index in [4.69, 9.17) is 4.42 Å². The fourth-order valence-electron chi connectivity index (χ4n) is 3.56. The molecule has 1 saturated carbocycles. The van der Waals surface area contributed by atoms with Crippen molar-refractivity contribution < 1.29 is 4.42 Å². The number of furan rings is 1. The average molecular weight is 278 g/mol. The van der Waals surface area contributed by atoms with Crippen LogP contribution in [-0.2, 0) is 0 Å². The predicted molar refractivity (Wildman–Crippen MR) is 83.8 cm³/mol. The van der Waals surface area contributed by atoms with Crippen LogP contribution in [0, 0.1) is 5.92 Å². The van der Waals surface area contributed by atoms with Crippen LogP contribution in [0.1, 0.15) is 57.8 Å². The van der Waals surface area contributed by atoms with Gasteiger partial charge in [-0.3, -0.25) is 0 Å². The Morgan fingerprint density at radius 3 is 2.60 bits per heavy atom. The molecule has 0 aliphatic heterocycles. The normalized spacial score (nSPS) is 28.8. The van der Waals surface area contributed by atoms with Gasteiger partial charge in [0.25, 0.3) is 0 Å². The van der Waals surface area contributed by atoms with Crippen molar-refractivity contribution in [2.24, 2.45) is 5.92 Å². The molecule has 1 aromatic rings. The van der Waals surface area contributed by atoms with E-state index in [-0.39, 0.29) is 5.54 Å². The maximum atomic E-state index is 5.76. The average Bonchev–Trinajstić information content (AvgIpc) is 2.95. The monoisotopic (exact) mass is 278 g/mol. The zero-order valence-corrected chi connectivity index (χ0v) is 13.5. The number of likely N-dealkylation sites (N-methyl/N-ethyl adjacent to an activating group) is 1. The van der Waals surface area contributed by atoms with Gasteiger partial charge in [-0.2, -0.15) is 0 Å². The summed E-state index contributed by atoms with van der Waals surface area (Å²) >= 11 is 0. The molecule has 1 aliphatic rings. The topological polar surface area (TPSA) is 28.4 Å². The van der Waals surface area contributed by atoms with Crippen LogP contribution in [0.3, 0.4) is 0 Å². The highest BCUT2D eigenvalue weighted by Crippen LogP contribution is 2.43. The van der Waals surface area contributed by atoms with E-state index in [0.29, 0.717) is 6.04 Å². The third-order valence-electron chi connectivity index (χ3n) is 4.99. The van der Waals surface area contributed by atoms with E-state index in [1.54, 1.807) is 6.26 Å². The van der Waals surface area contributed by atoms with E-state index in [1.165, 1.54) is 25.7 Å². The minimum Gasteiger partial charge on any atom is -0.468 e. The fourth-order valence-corrected chi connectivity index (χ4v) is 3.56. The van der Waals surface area contributed by atoms with E-state index >= 15 is 0 Å². The summed E-state index contributed by atoms with van der Waals surface area (Å²) in [7, 11) is 4.44. The smallest absolute Gasteiger partial charge is 0.122 e. The van der Waals surface area contributed by atoms with Crippen LogP contribution in [0.2, 0.25) is 0 Å². The maximum Gasteiger partial charge on any atom is 0.122 e. The van der Waals surface area contributed by atoms with Crippen molar-refractivity contribution in [2.45, 2.75) is 57.5 Å². The molecule has 1 aliphatic carbocycles. The van der Waals surface area contributed by atoms with Gasteiger partial charge in [0.2, 0.25) is 0 Å². The summed E-state index contributed by atoms with van der Waals surface area (Å²) < 4.78 is 5.76. The molecule has 114 valence electrons. The summed E-state index contributed by atoms with van der Waals surface area (Å²) in [5.74, 6) is 1.94. The lowest BCUT2D eigenvalue weighted by atomic mass is 9.71. The first kappa shape index (κ1) is 15.6. The summed E-state index contributed by atoms with van der Waals surface area (Å²) in [5, 5.41) is 3.74. The lowest BCUT2D eigenvalue weighted by Crippen LogP contribution is -2.55. The summed E-state index contributed by atoms with van der Waals surface area (Å²) in [4.78, 5) is 2.43. The lowest BCUT2D eigenvalue weighted by Gasteiger charge is -2.49. The first-order valence-corrected chi connectivity index (χ1v) is 8.04. The molecule has 0 amide bonds. The van der Waals surface area contributed by atoms with Gasteiger partial charge in [0.15, 0.2) is 0 Å². The molecule has 1 atom stereocenters. The van der Waals surface area contributed by atoms with Crippen molar-refractivity contribution in [3.05, 3.63) is 24.2 Å². The van der Waals surface area contributed by atoms with E-state index in [2.05, 4.69) is 44.2 Å². The molecule has 3 heteroatoms. The van der Waals surface area contributed by atoms with Crippen molar-refractivity contribution in [3.8, 4) is 0 Å². The van der Waals surface area contributed by atoms with Crippen LogP contribution >= 0.6 is 0 Å². The molecule has 1 heterocycles. The fraction of sp³-hybridized carbons (Fsp3) is 0.765. The summed E-state index contributed by atoms with van der Waals surface area (Å²) in [6.07, 6.45) is 8.04. The molecule has 0 radical (unpaired) electrons. The van der Waals surface area contributed by atoms with Crippen LogP contribution in [0.25, 0.3) is 0 Å². The van der Waals surface area contributed by atoms with E-state index in [9.17, 15) is 0 Å². The van der Waals surface area contributed by atoms with Crippen molar-refractivity contribution in [3.63, 3.8) is 0 Å². The van der Waals surface area contributed by atoms with Gasteiger partial charge in [-0.05, 0) is 70.8 Å². The lowest BCUT2D eigenvalue weighted by molar-refractivity contribution is 0.0352. The Kier molecular flexibility index (Phi) is 5.28. The third-order valence-corrected chi connectivity index (χ3v) is 4.99. The summed E-state index contributed by atoms with van der Waals surface area (Å²) in [6, 6.07) is 4.42. The largest absolute Gasteiger partial charge is 0.468 e. The first-order valence-electron chi connectivity index (χ1n) is 8.04. The molecule has 1 aromatic heterocycles. The molecule has 1 fully saturated rings. The Morgan fingerprint density at radius 1 is 1.40 bits per heavy atom. The number of hydrogen-bond donors (Lipinski definition) is 1. The van der Waals surface area contributed by atoms with Gasteiger partial charge >= 0.3 is 0 Å². The Labute approximate surface area is 123 Å². The van der Waals surface area contributed by atoms with Crippen molar-refractivity contribution in [1.82, 2.24) is 10.2 Å². The van der Waals surface area contributed by atoms with Crippen LogP contribution in [0.5, 0.6) is 0 Å². The Balaban J connectivity index is 2.27. The molecule has 3 nitrogen and oxygen atoms in total. The van der Waals surface area contributed by atoms with Crippen LogP contribution in [-0.4, -0.2) is 31.1 Å². The SMILES string of the molecule is CCCNC(c1ccco1)C1(N(C)C)CCC(C)CC1. The second kappa shape index (κ2) is 6.77. The van der Waals surface area contributed by atoms with Gasteiger partial charge in [-0.25, -0.2) is 0 Å². The molecule has 2 rings (SSSR count). The van der Waals surface area contributed by atoms with E-state index < -0.39 is 0 Å². The number of nitrogens with zero attached hydrogens (tertiary/aromatic N) is 1. The minimum atomic E-state index is 0.180. The molecule has 20 heavy (non-hydrogen) atoms. The van der Waals surface area contributed by atoms with Gasteiger partial charge in [0.05, 0.1) is 12.3 Å².